The van der Waals surface area contributed by atoms with Crippen LogP contribution in [0.3, 0.4) is 0 Å². The Kier molecular flexibility index (Phi) is 4.34. The molecular formula is C9H19NO3S. The molecule has 1 N–H and O–H groups in total. The van der Waals surface area contributed by atoms with E-state index in [9.17, 15) is 8.42 Å². The SMILES string of the molecule is CCN(CCO)S(=O)(=O)CCC1CC1. The number of aliphatic hydroxyl groups excluding tert-OH is 1. The van der Waals surface area contributed by atoms with E-state index in [1.54, 1.807) is 6.92 Å². The molecule has 0 unspecified atom stereocenters. The van der Waals surface area contributed by atoms with Gasteiger partial charge in [-0.25, -0.2) is 8.42 Å². The normalized spacial score (nSPS) is 17.6. The van der Waals surface area contributed by atoms with E-state index in [0.717, 1.165) is 6.42 Å². The van der Waals surface area contributed by atoms with Crippen molar-refractivity contribution in [2.75, 3.05) is 25.4 Å². The molecule has 0 saturated heterocycles. The smallest absolute Gasteiger partial charge is 0.214 e. The van der Waals surface area contributed by atoms with Gasteiger partial charge in [-0.05, 0) is 12.3 Å². The van der Waals surface area contributed by atoms with Crippen LogP contribution in [-0.4, -0.2) is 43.3 Å². The molecule has 84 valence electrons. The first kappa shape index (κ1) is 11.9. The molecule has 0 aromatic heterocycles. The first-order valence-corrected chi connectivity index (χ1v) is 6.79. The molecule has 1 rings (SSSR count). The molecule has 1 aliphatic rings. The van der Waals surface area contributed by atoms with Crippen LogP contribution >= 0.6 is 0 Å². The van der Waals surface area contributed by atoms with Crippen LogP contribution in [0.4, 0.5) is 0 Å². The van der Waals surface area contributed by atoms with Gasteiger partial charge in [-0.1, -0.05) is 19.8 Å². The molecule has 0 spiro atoms. The van der Waals surface area contributed by atoms with E-state index < -0.39 is 10.0 Å². The first-order chi connectivity index (χ1) is 6.60. The fraction of sp³-hybridized carbons (Fsp3) is 1.00. The minimum atomic E-state index is -3.12. The second kappa shape index (κ2) is 5.09. The highest BCUT2D eigenvalue weighted by Crippen LogP contribution is 2.32. The molecule has 0 heterocycles. The maximum atomic E-state index is 11.7. The summed E-state index contributed by atoms with van der Waals surface area (Å²) in [5.74, 6) is 0.878. The minimum absolute atomic E-state index is 0.101. The molecule has 1 saturated carbocycles. The molecule has 0 amide bonds. The maximum absolute atomic E-state index is 11.7. The van der Waals surface area contributed by atoms with Crippen LogP contribution in [0.2, 0.25) is 0 Å². The summed E-state index contributed by atoms with van der Waals surface area (Å²) in [5, 5.41) is 8.71. The molecule has 0 radical (unpaired) electrons. The van der Waals surface area contributed by atoms with E-state index in [1.165, 1.54) is 17.1 Å². The van der Waals surface area contributed by atoms with Crippen molar-refractivity contribution in [2.24, 2.45) is 5.92 Å². The van der Waals surface area contributed by atoms with E-state index in [-0.39, 0.29) is 18.9 Å². The van der Waals surface area contributed by atoms with Gasteiger partial charge in [0.1, 0.15) is 0 Å². The van der Waals surface area contributed by atoms with Crippen molar-refractivity contribution in [2.45, 2.75) is 26.2 Å². The molecule has 1 fully saturated rings. The molecule has 5 heteroatoms. The monoisotopic (exact) mass is 221 g/mol. The van der Waals surface area contributed by atoms with E-state index in [2.05, 4.69) is 0 Å². The third-order valence-corrected chi connectivity index (χ3v) is 4.56. The standard InChI is InChI=1S/C9H19NO3S/c1-2-10(6-7-11)14(12,13)8-5-9-3-4-9/h9,11H,2-8H2,1H3. The number of sulfonamides is 1. The van der Waals surface area contributed by atoms with E-state index >= 15 is 0 Å². The Morgan fingerprint density at radius 1 is 1.43 bits per heavy atom. The Morgan fingerprint density at radius 3 is 2.50 bits per heavy atom. The molecule has 0 aliphatic heterocycles. The quantitative estimate of drug-likeness (QED) is 0.678. The largest absolute Gasteiger partial charge is 0.395 e. The maximum Gasteiger partial charge on any atom is 0.214 e. The Morgan fingerprint density at radius 2 is 2.07 bits per heavy atom. The number of nitrogens with zero attached hydrogens (tertiary/aromatic N) is 1. The summed E-state index contributed by atoms with van der Waals surface area (Å²) in [7, 11) is -3.12. The lowest BCUT2D eigenvalue weighted by molar-refractivity contribution is 0.257. The van der Waals surface area contributed by atoms with E-state index in [0.29, 0.717) is 12.5 Å². The van der Waals surface area contributed by atoms with Gasteiger partial charge < -0.3 is 5.11 Å². The summed E-state index contributed by atoms with van der Waals surface area (Å²) in [4.78, 5) is 0. The Bertz CT molecular complexity index is 259. The molecule has 14 heavy (non-hydrogen) atoms. The highest BCUT2D eigenvalue weighted by Gasteiger charge is 2.26. The van der Waals surface area contributed by atoms with Crippen molar-refractivity contribution in [1.82, 2.24) is 4.31 Å². The number of hydrogen-bond acceptors (Lipinski definition) is 3. The van der Waals surface area contributed by atoms with Gasteiger partial charge in [-0.3, -0.25) is 0 Å². The highest BCUT2D eigenvalue weighted by molar-refractivity contribution is 7.89. The summed E-state index contributed by atoms with van der Waals surface area (Å²) < 4.78 is 24.8. The van der Waals surface area contributed by atoms with Crippen LogP contribution < -0.4 is 0 Å². The van der Waals surface area contributed by atoms with Gasteiger partial charge >= 0.3 is 0 Å². The van der Waals surface area contributed by atoms with Crippen molar-refractivity contribution in [3.63, 3.8) is 0 Å². The molecule has 0 aromatic rings. The predicted molar refractivity (Wildman–Crippen MR) is 55.5 cm³/mol. The Labute approximate surface area is 86.0 Å². The average molecular weight is 221 g/mol. The zero-order valence-corrected chi connectivity index (χ0v) is 9.46. The lowest BCUT2D eigenvalue weighted by Crippen LogP contribution is -2.35. The van der Waals surface area contributed by atoms with Crippen LogP contribution in [0.15, 0.2) is 0 Å². The van der Waals surface area contributed by atoms with Gasteiger partial charge in [0.25, 0.3) is 0 Å². The topological polar surface area (TPSA) is 57.6 Å². The zero-order chi connectivity index (χ0) is 10.6. The minimum Gasteiger partial charge on any atom is -0.395 e. The summed E-state index contributed by atoms with van der Waals surface area (Å²) >= 11 is 0. The van der Waals surface area contributed by atoms with Gasteiger partial charge in [-0.15, -0.1) is 0 Å². The van der Waals surface area contributed by atoms with E-state index in [4.69, 9.17) is 5.11 Å². The fourth-order valence-corrected chi connectivity index (χ4v) is 3.10. The van der Waals surface area contributed by atoms with Crippen LogP contribution in [0, 0.1) is 5.92 Å². The van der Waals surface area contributed by atoms with Gasteiger partial charge in [0.2, 0.25) is 10.0 Å². The molecule has 1 aliphatic carbocycles. The Hall–Kier alpha value is -0.130. The number of hydrogen-bond donors (Lipinski definition) is 1. The number of rotatable bonds is 7. The zero-order valence-electron chi connectivity index (χ0n) is 8.65. The highest BCUT2D eigenvalue weighted by atomic mass is 32.2. The molecule has 0 aromatic carbocycles. The van der Waals surface area contributed by atoms with Crippen molar-refractivity contribution in [1.29, 1.82) is 0 Å². The lowest BCUT2D eigenvalue weighted by atomic mass is 10.3. The fourth-order valence-electron chi connectivity index (χ4n) is 1.46. The van der Waals surface area contributed by atoms with Gasteiger partial charge in [0, 0.05) is 13.1 Å². The van der Waals surface area contributed by atoms with Crippen molar-refractivity contribution < 1.29 is 13.5 Å². The number of likely N-dealkylation sites (N-methyl/N-ethyl adjacent to an activating group) is 1. The van der Waals surface area contributed by atoms with Crippen molar-refractivity contribution >= 4 is 10.0 Å². The van der Waals surface area contributed by atoms with Gasteiger partial charge in [0.15, 0.2) is 0 Å². The number of aliphatic hydroxyl groups is 1. The molecule has 0 bridgehead atoms. The lowest BCUT2D eigenvalue weighted by Gasteiger charge is -2.18. The molecule has 0 atom stereocenters. The predicted octanol–water partition coefficient (Wildman–Crippen LogP) is 0.430. The van der Waals surface area contributed by atoms with Crippen molar-refractivity contribution in [3.8, 4) is 0 Å². The second-order valence-electron chi connectivity index (χ2n) is 3.76. The van der Waals surface area contributed by atoms with E-state index in [1.807, 2.05) is 0 Å². The van der Waals surface area contributed by atoms with Crippen LogP contribution in [-0.2, 0) is 10.0 Å². The van der Waals surface area contributed by atoms with Crippen LogP contribution in [0.25, 0.3) is 0 Å². The van der Waals surface area contributed by atoms with Crippen LogP contribution in [0.5, 0.6) is 0 Å². The second-order valence-corrected chi connectivity index (χ2v) is 5.85. The average Bonchev–Trinajstić information content (AvgIpc) is 2.94. The summed E-state index contributed by atoms with van der Waals surface area (Å²) in [6.07, 6.45) is 3.15. The molecular weight excluding hydrogens is 202 g/mol. The Balaban J connectivity index is 2.42. The third-order valence-electron chi connectivity index (χ3n) is 2.58. The van der Waals surface area contributed by atoms with Crippen molar-refractivity contribution in [3.05, 3.63) is 0 Å². The van der Waals surface area contributed by atoms with Crippen LogP contribution in [0.1, 0.15) is 26.2 Å². The summed E-state index contributed by atoms with van der Waals surface area (Å²) in [5.41, 5.74) is 0. The summed E-state index contributed by atoms with van der Waals surface area (Å²) in [6.45, 7) is 2.37. The first-order valence-electron chi connectivity index (χ1n) is 5.19. The summed E-state index contributed by atoms with van der Waals surface area (Å²) in [6, 6.07) is 0. The van der Waals surface area contributed by atoms with Gasteiger partial charge in [0.05, 0.1) is 12.4 Å². The van der Waals surface area contributed by atoms with Gasteiger partial charge in [-0.2, -0.15) is 4.31 Å². The molecule has 4 nitrogen and oxygen atoms in total. The third kappa shape index (κ3) is 3.55.